The first kappa shape index (κ1) is 16.6. The average Bonchev–Trinajstić information content (AvgIpc) is 2.98. The van der Waals surface area contributed by atoms with E-state index in [9.17, 15) is 9.59 Å². The SMILES string of the molecule is COc1ccc(NC(=O)C(=O)c2cn(C)c3ccccc23)cc1OC. The van der Waals surface area contributed by atoms with E-state index >= 15 is 0 Å². The Morgan fingerprint density at radius 3 is 2.44 bits per heavy atom. The molecule has 0 atom stereocenters. The summed E-state index contributed by atoms with van der Waals surface area (Å²) in [5.74, 6) is -0.283. The number of nitrogens with zero attached hydrogens (tertiary/aromatic N) is 1. The van der Waals surface area contributed by atoms with Gasteiger partial charge in [-0.15, -0.1) is 0 Å². The number of aryl methyl sites for hydroxylation is 1. The predicted molar refractivity (Wildman–Crippen MR) is 95.4 cm³/mol. The highest BCUT2D eigenvalue weighted by atomic mass is 16.5. The van der Waals surface area contributed by atoms with Gasteiger partial charge in [0.2, 0.25) is 0 Å². The number of carbonyl (C=O) groups is 2. The quantitative estimate of drug-likeness (QED) is 0.573. The third-order valence-electron chi connectivity index (χ3n) is 3.99. The van der Waals surface area contributed by atoms with Gasteiger partial charge in [-0.1, -0.05) is 18.2 Å². The number of rotatable bonds is 5. The van der Waals surface area contributed by atoms with E-state index in [1.165, 1.54) is 14.2 Å². The van der Waals surface area contributed by atoms with Gasteiger partial charge in [0.15, 0.2) is 11.5 Å². The van der Waals surface area contributed by atoms with E-state index in [0.717, 1.165) is 10.9 Å². The molecular weight excluding hydrogens is 320 g/mol. The molecule has 0 saturated heterocycles. The van der Waals surface area contributed by atoms with Gasteiger partial charge in [-0.25, -0.2) is 0 Å². The van der Waals surface area contributed by atoms with E-state index in [1.54, 1.807) is 24.4 Å². The second-order valence-electron chi connectivity index (χ2n) is 5.52. The molecule has 0 aliphatic rings. The first-order valence-corrected chi connectivity index (χ1v) is 7.67. The lowest BCUT2D eigenvalue weighted by molar-refractivity contribution is -0.112. The fourth-order valence-corrected chi connectivity index (χ4v) is 2.75. The van der Waals surface area contributed by atoms with Gasteiger partial charge in [-0.05, 0) is 18.2 Å². The van der Waals surface area contributed by atoms with Gasteiger partial charge in [0, 0.05) is 35.9 Å². The fourth-order valence-electron chi connectivity index (χ4n) is 2.75. The molecule has 1 N–H and O–H groups in total. The summed E-state index contributed by atoms with van der Waals surface area (Å²) in [6.07, 6.45) is 1.67. The summed E-state index contributed by atoms with van der Waals surface area (Å²) in [7, 11) is 4.87. The molecule has 1 aromatic heterocycles. The lowest BCUT2D eigenvalue weighted by Gasteiger charge is -2.10. The number of ether oxygens (including phenoxy) is 2. The van der Waals surface area contributed by atoms with Crippen molar-refractivity contribution in [1.82, 2.24) is 4.57 Å². The van der Waals surface area contributed by atoms with E-state index in [4.69, 9.17) is 9.47 Å². The Balaban J connectivity index is 1.87. The van der Waals surface area contributed by atoms with Crippen LogP contribution in [-0.4, -0.2) is 30.5 Å². The molecule has 25 heavy (non-hydrogen) atoms. The first-order valence-electron chi connectivity index (χ1n) is 7.67. The van der Waals surface area contributed by atoms with Crippen LogP contribution in [0.2, 0.25) is 0 Å². The standard InChI is InChI=1S/C19H18N2O4/c1-21-11-14(13-6-4-5-7-15(13)21)18(22)19(23)20-12-8-9-16(24-2)17(10-12)25-3/h4-11H,1-3H3,(H,20,23). The smallest absolute Gasteiger partial charge is 0.296 e. The lowest BCUT2D eigenvalue weighted by atomic mass is 10.1. The summed E-state index contributed by atoms with van der Waals surface area (Å²) in [6, 6.07) is 12.4. The molecule has 1 amide bonds. The number of fused-ring (bicyclic) bond motifs is 1. The zero-order valence-corrected chi connectivity index (χ0v) is 14.2. The van der Waals surface area contributed by atoms with Gasteiger partial charge in [0.05, 0.1) is 19.8 Å². The summed E-state index contributed by atoms with van der Waals surface area (Å²) in [5, 5.41) is 3.35. The number of amides is 1. The summed E-state index contributed by atoms with van der Waals surface area (Å²) >= 11 is 0. The Bertz CT molecular complexity index is 959. The minimum Gasteiger partial charge on any atom is -0.493 e. The van der Waals surface area contributed by atoms with Crippen molar-refractivity contribution in [3.8, 4) is 11.5 Å². The maximum atomic E-state index is 12.6. The van der Waals surface area contributed by atoms with E-state index < -0.39 is 11.7 Å². The molecule has 0 aliphatic heterocycles. The summed E-state index contributed by atoms with van der Waals surface area (Å²) in [6.45, 7) is 0. The van der Waals surface area contributed by atoms with Gasteiger partial charge in [-0.2, -0.15) is 0 Å². The van der Waals surface area contributed by atoms with Crippen molar-refractivity contribution < 1.29 is 19.1 Å². The molecule has 1 heterocycles. The van der Waals surface area contributed by atoms with E-state index in [2.05, 4.69) is 5.32 Å². The molecule has 3 aromatic rings. The second-order valence-corrected chi connectivity index (χ2v) is 5.52. The number of ketones is 1. The van der Waals surface area contributed by atoms with E-state index in [-0.39, 0.29) is 0 Å². The lowest BCUT2D eigenvalue weighted by Crippen LogP contribution is -2.22. The molecule has 6 nitrogen and oxygen atoms in total. The van der Waals surface area contributed by atoms with Crippen molar-refractivity contribution in [3.63, 3.8) is 0 Å². The number of nitrogens with one attached hydrogen (secondary N) is 1. The molecule has 0 aliphatic carbocycles. The highest BCUT2D eigenvalue weighted by Gasteiger charge is 2.21. The van der Waals surface area contributed by atoms with Crippen molar-refractivity contribution in [1.29, 1.82) is 0 Å². The maximum absolute atomic E-state index is 12.6. The molecule has 6 heteroatoms. The Morgan fingerprint density at radius 2 is 1.72 bits per heavy atom. The van der Waals surface area contributed by atoms with Crippen LogP contribution >= 0.6 is 0 Å². The molecule has 0 saturated carbocycles. The normalized spacial score (nSPS) is 10.5. The second kappa shape index (κ2) is 6.68. The summed E-state index contributed by atoms with van der Waals surface area (Å²) in [4.78, 5) is 25.0. The van der Waals surface area contributed by atoms with Crippen LogP contribution in [0.5, 0.6) is 11.5 Å². The number of benzene rings is 2. The largest absolute Gasteiger partial charge is 0.493 e. The predicted octanol–water partition coefficient (Wildman–Crippen LogP) is 3.02. The Labute approximate surface area is 145 Å². The molecule has 128 valence electrons. The van der Waals surface area contributed by atoms with Crippen molar-refractivity contribution in [2.45, 2.75) is 0 Å². The highest BCUT2D eigenvalue weighted by molar-refractivity contribution is 6.48. The summed E-state index contributed by atoms with van der Waals surface area (Å²) in [5.41, 5.74) is 1.72. The van der Waals surface area contributed by atoms with Crippen molar-refractivity contribution in [2.75, 3.05) is 19.5 Å². The number of Topliss-reactive ketones (excluding diaryl/α,β-unsaturated/α-hetero) is 1. The van der Waals surface area contributed by atoms with Crippen LogP contribution in [0.25, 0.3) is 10.9 Å². The first-order chi connectivity index (χ1) is 12.0. The van der Waals surface area contributed by atoms with Crippen LogP contribution in [0.4, 0.5) is 5.69 Å². The zero-order valence-electron chi connectivity index (χ0n) is 14.2. The fraction of sp³-hybridized carbons (Fsp3) is 0.158. The molecule has 0 unspecified atom stereocenters. The number of hydrogen-bond acceptors (Lipinski definition) is 4. The number of aromatic nitrogens is 1. The molecular formula is C19H18N2O4. The molecule has 0 fully saturated rings. The Hall–Kier alpha value is -3.28. The van der Waals surface area contributed by atoms with Gasteiger partial charge >= 0.3 is 0 Å². The number of anilines is 1. The number of para-hydroxylation sites is 1. The molecule has 2 aromatic carbocycles. The van der Waals surface area contributed by atoms with Gasteiger partial charge in [0.25, 0.3) is 11.7 Å². The van der Waals surface area contributed by atoms with Gasteiger partial charge in [0.1, 0.15) is 0 Å². The molecule has 3 rings (SSSR count). The zero-order chi connectivity index (χ0) is 18.0. The molecule has 0 spiro atoms. The van der Waals surface area contributed by atoms with Crippen LogP contribution in [-0.2, 0) is 11.8 Å². The maximum Gasteiger partial charge on any atom is 0.296 e. The van der Waals surface area contributed by atoms with Crippen molar-refractivity contribution >= 4 is 28.3 Å². The topological polar surface area (TPSA) is 69.6 Å². The van der Waals surface area contributed by atoms with Crippen molar-refractivity contribution in [2.24, 2.45) is 7.05 Å². The molecule has 0 bridgehead atoms. The van der Waals surface area contributed by atoms with Crippen molar-refractivity contribution in [3.05, 3.63) is 54.2 Å². The van der Waals surface area contributed by atoms with Crippen LogP contribution in [0.1, 0.15) is 10.4 Å². The highest BCUT2D eigenvalue weighted by Crippen LogP contribution is 2.30. The van der Waals surface area contributed by atoms with Gasteiger partial charge < -0.3 is 19.4 Å². The summed E-state index contributed by atoms with van der Waals surface area (Å²) < 4.78 is 12.2. The number of carbonyl (C=O) groups excluding carboxylic acids is 2. The monoisotopic (exact) mass is 338 g/mol. The number of hydrogen-bond donors (Lipinski definition) is 1. The van der Waals surface area contributed by atoms with E-state index in [1.807, 2.05) is 35.9 Å². The van der Waals surface area contributed by atoms with Crippen LogP contribution in [0.3, 0.4) is 0 Å². The molecule has 0 radical (unpaired) electrons. The van der Waals surface area contributed by atoms with Crippen LogP contribution in [0.15, 0.2) is 48.7 Å². The third kappa shape index (κ3) is 3.06. The average molecular weight is 338 g/mol. The van der Waals surface area contributed by atoms with Crippen LogP contribution < -0.4 is 14.8 Å². The Morgan fingerprint density at radius 1 is 1.00 bits per heavy atom. The Kier molecular flexibility index (Phi) is 4.43. The van der Waals surface area contributed by atoms with E-state index in [0.29, 0.717) is 22.7 Å². The van der Waals surface area contributed by atoms with Gasteiger partial charge in [-0.3, -0.25) is 9.59 Å². The van der Waals surface area contributed by atoms with Crippen LogP contribution in [0, 0.1) is 0 Å². The number of methoxy groups -OCH3 is 2. The minimum absolute atomic E-state index is 0.371. The third-order valence-corrected chi connectivity index (χ3v) is 3.99. The minimum atomic E-state index is -0.705.